The SMILES string of the molecule is CCNC(CSc1ccc(C)cc1)c1ccc(C)cc1. The van der Waals surface area contributed by atoms with E-state index in [1.54, 1.807) is 0 Å². The molecule has 0 spiro atoms. The van der Waals surface area contributed by atoms with Crippen LogP contribution >= 0.6 is 11.8 Å². The second kappa shape index (κ2) is 7.51. The van der Waals surface area contributed by atoms with Crippen LogP contribution in [0, 0.1) is 13.8 Å². The number of aryl methyl sites for hydroxylation is 2. The van der Waals surface area contributed by atoms with Gasteiger partial charge in [-0.3, -0.25) is 0 Å². The van der Waals surface area contributed by atoms with Gasteiger partial charge in [-0.1, -0.05) is 54.4 Å². The molecule has 0 aliphatic carbocycles. The Morgan fingerprint density at radius 2 is 1.45 bits per heavy atom. The van der Waals surface area contributed by atoms with Crippen LogP contribution in [-0.2, 0) is 0 Å². The van der Waals surface area contributed by atoms with Crippen molar-refractivity contribution in [3.8, 4) is 0 Å². The number of thioether (sulfide) groups is 1. The number of benzene rings is 2. The van der Waals surface area contributed by atoms with E-state index >= 15 is 0 Å². The zero-order valence-corrected chi connectivity index (χ0v) is 13.3. The van der Waals surface area contributed by atoms with Crippen molar-refractivity contribution in [3.63, 3.8) is 0 Å². The molecule has 1 unspecified atom stereocenters. The summed E-state index contributed by atoms with van der Waals surface area (Å²) in [5, 5.41) is 3.58. The highest BCUT2D eigenvalue weighted by Gasteiger charge is 2.10. The zero-order chi connectivity index (χ0) is 14.4. The van der Waals surface area contributed by atoms with Crippen LogP contribution in [0.25, 0.3) is 0 Å². The largest absolute Gasteiger partial charge is 0.309 e. The Morgan fingerprint density at radius 3 is 2.00 bits per heavy atom. The molecular formula is C18H23NS. The molecule has 2 aromatic rings. The van der Waals surface area contributed by atoms with Gasteiger partial charge >= 0.3 is 0 Å². The molecule has 0 heterocycles. The molecule has 0 fully saturated rings. The molecule has 1 nitrogen and oxygen atoms in total. The molecule has 2 aromatic carbocycles. The van der Waals surface area contributed by atoms with Crippen LogP contribution in [0.1, 0.15) is 29.7 Å². The van der Waals surface area contributed by atoms with Crippen molar-refractivity contribution in [2.75, 3.05) is 12.3 Å². The van der Waals surface area contributed by atoms with Gasteiger partial charge in [0.25, 0.3) is 0 Å². The smallest absolute Gasteiger partial charge is 0.0415 e. The summed E-state index contributed by atoms with van der Waals surface area (Å²) in [5.74, 6) is 1.06. The molecule has 0 saturated heterocycles. The van der Waals surface area contributed by atoms with Crippen LogP contribution in [0.4, 0.5) is 0 Å². The monoisotopic (exact) mass is 285 g/mol. The Labute approximate surface area is 126 Å². The molecular weight excluding hydrogens is 262 g/mol. The van der Waals surface area contributed by atoms with Gasteiger partial charge in [0.15, 0.2) is 0 Å². The normalized spacial score (nSPS) is 12.3. The molecule has 0 aliphatic rings. The van der Waals surface area contributed by atoms with Crippen molar-refractivity contribution in [1.82, 2.24) is 5.32 Å². The Morgan fingerprint density at radius 1 is 0.900 bits per heavy atom. The summed E-state index contributed by atoms with van der Waals surface area (Å²) in [7, 11) is 0. The van der Waals surface area contributed by atoms with Crippen molar-refractivity contribution in [3.05, 3.63) is 65.2 Å². The van der Waals surface area contributed by atoms with Gasteiger partial charge in [0.2, 0.25) is 0 Å². The lowest BCUT2D eigenvalue weighted by molar-refractivity contribution is 0.606. The maximum absolute atomic E-state index is 3.58. The number of hydrogen-bond donors (Lipinski definition) is 1. The van der Waals surface area contributed by atoms with E-state index in [9.17, 15) is 0 Å². The van der Waals surface area contributed by atoms with Gasteiger partial charge in [-0.15, -0.1) is 11.8 Å². The van der Waals surface area contributed by atoms with Gasteiger partial charge < -0.3 is 5.32 Å². The van der Waals surface area contributed by atoms with Gasteiger partial charge in [0.05, 0.1) is 0 Å². The highest BCUT2D eigenvalue weighted by Crippen LogP contribution is 2.25. The Kier molecular flexibility index (Phi) is 5.69. The molecule has 20 heavy (non-hydrogen) atoms. The summed E-state index contributed by atoms with van der Waals surface area (Å²) in [6.07, 6.45) is 0. The van der Waals surface area contributed by atoms with Crippen molar-refractivity contribution in [2.45, 2.75) is 31.7 Å². The average Bonchev–Trinajstić information content (AvgIpc) is 2.46. The first kappa shape index (κ1) is 15.1. The third kappa shape index (κ3) is 4.39. The van der Waals surface area contributed by atoms with Crippen LogP contribution in [0.2, 0.25) is 0 Å². The molecule has 2 heteroatoms. The maximum Gasteiger partial charge on any atom is 0.0415 e. The lowest BCUT2D eigenvalue weighted by atomic mass is 10.1. The van der Waals surface area contributed by atoms with Gasteiger partial charge in [0.1, 0.15) is 0 Å². The lowest BCUT2D eigenvalue weighted by Crippen LogP contribution is -2.22. The van der Waals surface area contributed by atoms with Crippen molar-refractivity contribution in [2.24, 2.45) is 0 Å². The number of nitrogens with one attached hydrogen (secondary N) is 1. The molecule has 0 radical (unpaired) electrons. The summed E-state index contributed by atoms with van der Waals surface area (Å²) in [4.78, 5) is 1.34. The lowest BCUT2D eigenvalue weighted by Gasteiger charge is -2.18. The Hall–Kier alpha value is -1.25. The van der Waals surface area contributed by atoms with E-state index in [2.05, 4.69) is 74.6 Å². The average molecular weight is 285 g/mol. The molecule has 2 rings (SSSR count). The third-order valence-corrected chi connectivity index (χ3v) is 4.47. The fraction of sp³-hybridized carbons (Fsp3) is 0.333. The zero-order valence-electron chi connectivity index (χ0n) is 12.5. The molecule has 0 aromatic heterocycles. The highest BCUT2D eigenvalue weighted by molar-refractivity contribution is 7.99. The predicted molar refractivity (Wildman–Crippen MR) is 89.5 cm³/mol. The minimum Gasteiger partial charge on any atom is -0.309 e. The maximum atomic E-state index is 3.58. The minimum absolute atomic E-state index is 0.409. The van der Waals surface area contributed by atoms with E-state index in [0.717, 1.165) is 12.3 Å². The fourth-order valence-electron chi connectivity index (χ4n) is 2.13. The number of rotatable bonds is 6. The molecule has 1 atom stereocenters. The van der Waals surface area contributed by atoms with E-state index < -0.39 is 0 Å². The summed E-state index contributed by atoms with van der Waals surface area (Å²) in [5.41, 5.74) is 4.00. The Bertz CT molecular complexity index is 516. The minimum atomic E-state index is 0.409. The third-order valence-electron chi connectivity index (χ3n) is 3.37. The quantitative estimate of drug-likeness (QED) is 0.769. The van der Waals surface area contributed by atoms with E-state index in [-0.39, 0.29) is 0 Å². The summed E-state index contributed by atoms with van der Waals surface area (Å²) in [6.45, 7) is 7.42. The fourth-order valence-corrected chi connectivity index (χ4v) is 3.13. The first-order valence-corrected chi connectivity index (χ1v) is 8.17. The van der Waals surface area contributed by atoms with E-state index in [0.29, 0.717) is 6.04 Å². The predicted octanol–water partition coefficient (Wildman–Crippen LogP) is 4.75. The first-order valence-electron chi connectivity index (χ1n) is 7.18. The van der Waals surface area contributed by atoms with E-state index in [4.69, 9.17) is 0 Å². The van der Waals surface area contributed by atoms with Crippen LogP contribution in [0.5, 0.6) is 0 Å². The van der Waals surface area contributed by atoms with Gasteiger partial charge in [-0.05, 0) is 38.1 Å². The molecule has 0 aliphatic heterocycles. The second-order valence-electron chi connectivity index (χ2n) is 5.15. The summed E-state index contributed by atoms with van der Waals surface area (Å²) < 4.78 is 0. The topological polar surface area (TPSA) is 12.0 Å². The van der Waals surface area contributed by atoms with E-state index in [1.807, 2.05) is 11.8 Å². The molecule has 0 saturated carbocycles. The second-order valence-corrected chi connectivity index (χ2v) is 6.24. The molecule has 106 valence electrons. The van der Waals surface area contributed by atoms with Crippen molar-refractivity contribution < 1.29 is 0 Å². The van der Waals surface area contributed by atoms with Crippen LogP contribution < -0.4 is 5.32 Å². The molecule has 0 bridgehead atoms. The van der Waals surface area contributed by atoms with Gasteiger partial charge in [0, 0.05) is 16.7 Å². The van der Waals surface area contributed by atoms with Crippen LogP contribution in [0.3, 0.4) is 0 Å². The molecule has 1 N–H and O–H groups in total. The van der Waals surface area contributed by atoms with Crippen molar-refractivity contribution in [1.29, 1.82) is 0 Å². The standard InChI is InChI=1S/C18H23NS/c1-4-19-18(16-9-5-14(2)6-10-16)13-20-17-11-7-15(3)8-12-17/h5-12,18-19H,4,13H2,1-3H3. The summed E-state index contributed by atoms with van der Waals surface area (Å²) in [6, 6.07) is 18.0. The Balaban J connectivity index is 2.02. The van der Waals surface area contributed by atoms with Crippen molar-refractivity contribution >= 4 is 11.8 Å². The van der Waals surface area contributed by atoms with Gasteiger partial charge in [-0.25, -0.2) is 0 Å². The first-order chi connectivity index (χ1) is 9.69. The van der Waals surface area contributed by atoms with Crippen LogP contribution in [0.15, 0.2) is 53.4 Å². The number of hydrogen-bond acceptors (Lipinski definition) is 2. The summed E-state index contributed by atoms with van der Waals surface area (Å²) >= 11 is 1.91. The highest BCUT2D eigenvalue weighted by atomic mass is 32.2. The molecule has 0 amide bonds. The van der Waals surface area contributed by atoms with Crippen LogP contribution in [-0.4, -0.2) is 12.3 Å². The van der Waals surface area contributed by atoms with Gasteiger partial charge in [-0.2, -0.15) is 0 Å². The van der Waals surface area contributed by atoms with E-state index in [1.165, 1.54) is 21.6 Å².